The van der Waals surface area contributed by atoms with E-state index >= 15 is 0 Å². The maximum absolute atomic E-state index is 11.6. The molecule has 0 saturated carbocycles. The minimum atomic E-state index is 0. The Morgan fingerprint density at radius 1 is 1.07 bits per heavy atom. The normalized spacial score (nSPS) is 13.5. The molecule has 1 amide bonds. The lowest BCUT2D eigenvalue weighted by atomic mass is 10.2. The van der Waals surface area contributed by atoms with Crippen molar-refractivity contribution in [2.45, 2.75) is 32.4 Å². The summed E-state index contributed by atoms with van der Waals surface area (Å²) in [6, 6.07) is 14.3. The van der Waals surface area contributed by atoms with E-state index in [4.69, 9.17) is 4.74 Å². The Morgan fingerprint density at radius 3 is 2.43 bits per heavy atom. The third-order valence-electron chi connectivity index (χ3n) is 4.57. The maximum atomic E-state index is 11.6. The van der Waals surface area contributed by atoms with Crippen molar-refractivity contribution in [1.82, 2.24) is 10.2 Å². The van der Waals surface area contributed by atoms with Gasteiger partial charge in [0.1, 0.15) is 12.4 Å². The van der Waals surface area contributed by atoms with Gasteiger partial charge in [-0.15, -0.1) is 12.4 Å². The second-order valence-electron chi connectivity index (χ2n) is 6.68. The van der Waals surface area contributed by atoms with Crippen LogP contribution in [0.2, 0.25) is 0 Å². The molecule has 0 aliphatic carbocycles. The van der Waals surface area contributed by atoms with E-state index in [2.05, 4.69) is 61.4 Å². The molecule has 0 spiro atoms. The zero-order chi connectivity index (χ0) is 19.1. The number of ether oxygens (including phenoxy) is 1. The van der Waals surface area contributed by atoms with Gasteiger partial charge in [-0.3, -0.25) is 4.79 Å². The molecule has 1 saturated heterocycles. The van der Waals surface area contributed by atoms with Crippen molar-refractivity contribution in [2.24, 2.45) is 0 Å². The molecule has 1 heterocycles. The van der Waals surface area contributed by atoms with E-state index in [0.29, 0.717) is 18.9 Å². The summed E-state index contributed by atoms with van der Waals surface area (Å²) in [4.78, 5) is 13.6. The number of nitrogens with one attached hydrogen (secondary N) is 1. The van der Waals surface area contributed by atoms with Gasteiger partial charge in [-0.25, -0.2) is 0 Å². The fourth-order valence-electron chi connectivity index (χ4n) is 3.15. The molecule has 152 valence electrons. The van der Waals surface area contributed by atoms with Crippen molar-refractivity contribution in [2.75, 3.05) is 19.6 Å². The molecule has 1 aliphatic rings. The van der Waals surface area contributed by atoms with E-state index in [9.17, 15) is 4.79 Å². The minimum Gasteiger partial charge on any atom is -0.487 e. The van der Waals surface area contributed by atoms with Crippen molar-refractivity contribution in [1.29, 1.82) is 0 Å². The smallest absolute Gasteiger partial charge is 0.222 e. The van der Waals surface area contributed by atoms with Gasteiger partial charge in [-0.2, -0.15) is 0 Å². The van der Waals surface area contributed by atoms with Crippen LogP contribution in [0.3, 0.4) is 0 Å². The molecule has 0 radical (unpaired) electrons. The zero-order valence-electron chi connectivity index (χ0n) is 15.6. The van der Waals surface area contributed by atoms with E-state index in [-0.39, 0.29) is 12.4 Å². The van der Waals surface area contributed by atoms with E-state index in [1.165, 1.54) is 5.56 Å². The topological polar surface area (TPSA) is 41.6 Å². The quantitative estimate of drug-likeness (QED) is 0.445. The molecule has 3 rings (SSSR count). The van der Waals surface area contributed by atoms with Crippen LogP contribution in [0.15, 0.2) is 51.4 Å². The number of hydrogen-bond donors (Lipinski definition) is 1. The molecule has 7 heteroatoms. The van der Waals surface area contributed by atoms with E-state index < -0.39 is 0 Å². The fraction of sp³-hybridized carbons (Fsp3) is 0.381. The number of benzene rings is 2. The number of carbonyl (C=O) groups excluding carboxylic acids is 1. The molecule has 28 heavy (non-hydrogen) atoms. The molecule has 4 nitrogen and oxygen atoms in total. The fourth-order valence-corrected chi connectivity index (χ4v) is 4.66. The summed E-state index contributed by atoms with van der Waals surface area (Å²) in [6.07, 6.45) is 2.70. The van der Waals surface area contributed by atoms with Gasteiger partial charge in [0.2, 0.25) is 5.91 Å². The summed E-state index contributed by atoms with van der Waals surface area (Å²) in [5.41, 5.74) is 2.32. The molecule has 2 aromatic rings. The lowest BCUT2D eigenvalue weighted by molar-refractivity contribution is -0.127. The van der Waals surface area contributed by atoms with Gasteiger partial charge in [0.15, 0.2) is 0 Å². The van der Waals surface area contributed by atoms with Crippen LogP contribution in [0.4, 0.5) is 0 Å². The third-order valence-corrected chi connectivity index (χ3v) is 5.74. The Bertz CT molecular complexity index is 751. The van der Waals surface area contributed by atoms with E-state index in [1.54, 1.807) is 0 Å². The van der Waals surface area contributed by atoms with Crippen LogP contribution in [0.5, 0.6) is 5.75 Å². The number of carbonyl (C=O) groups is 1. The van der Waals surface area contributed by atoms with Crippen molar-refractivity contribution in [3.8, 4) is 5.75 Å². The third kappa shape index (κ3) is 6.76. The number of likely N-dealkylation sites (tertiary alicyclic amines) is 1. The molecular weight excluding hydrogens is 508 g/mol. The highest BCUT2D eigenvalue weighted by molar-refractivity contribution is 9.11. The molecule has 0 aromatic heterocycles. The Hall–Kier alpha value is -1.08. The Labute approximate surface area is 189 Å². The molecule has 1 fully saturated rings. The average molecular weight is 533 g/mol. The maximum Gasteiger partial charge on any atom is 0.222 e. The van der Waals surface area contributed by atoms with Gasteiger partial charge in [0.25, 0.3) is 0 Å². The number of halogens is 3. The molecule has 0 atom stereocenters. The van der Waals surface area contributed by atoms with Crippen molar-refractivity contribution < 1.29 is 9.53 Å². The number of nitrogens with zero attached hydrogens (tertiary/aromatic N) is 1. The van der Waals surface area contributed by atoms with Gasteiger partial charge in [-0.05, 0) is 74.5 Å². The van der Waals surface area contributed by atoms with Gasteiger partial charge in [0.05, 0.1) is 8.95 Å². The van der Waals surface area contributed by atoms with Gasteiger partial charge < -0.3 is 15.0 Å². The summed E-state index contributed by atoms with van der Waals surface area (Å²) in [6.45, 7) is 3.98. The molecule has 0 bridgehead atoms. The van der Waals surface area contributed by atoms with Crippen LogP contribution in [-0.4, -0.2) is 30.4 Å². The molecule has 0 unspecified atom stereocenters. The van der Waals surface area contributed by atoms with Gasteiger partial charge in [-0.1, -0.05) is 30.3 Å². The summed E-state index contributed by atoms with van der Waals surface area (Å²) in [7, 11) is 0. The summed E-state index contributed by atoms with van der Waals surface area (Å²) in [5, 5.41) is 3.45. The van der Waals surface area contributed by atoms with Crippen molar-refractivity contribution in [3.05, 3.63) is 62.5 Å². The van der Waals surface area contributed by atoms with Crippen LogP contribution in [0.1, 0.15) is 30.4 Å². The second-order valence-corrected chi connectivity index (χ2v) is 8.39. The highest BCUT2D eigenvalue weighted by Crippen LogP contribution is 2.35. The first-order chi connectivity index (χ1) is 13.1. The minimum absolute atomic E-state index is 0. The monoisotopic (exact) mass is 530 g/mol. The molecule has 2 aromatic carbocycles. The van der Waals surface area contributed by atoms with Crippen molar-refractivity contribution in [3.63, 3.8) is 0 Å². The number of amides is 1. The van der Waals surface area contributed by atoms with E-state index in [0.717, 1.165) is 59.3 Å². The molecule has 1 aliphatic heterocycles. The van der Waals surface area contributed by atoms with Crippen LogP contribution >= 0.6 is 44.3 Å². The zero-order valence-corrected chi connectivity index (χ0v) is 19.6. The Balaban J connectivity index is 0.00000280. The first kappa shape index (κ1) is 23.2. The summed E-state index contributed by atoms with van der Waals surface area (Å²) < 4.78 is 7.84. The first-order valence-electron chi connectivity index (χ1n) is 9.26. The second kappa shape index (κ2) is 11.8. The average Bonchev–Trinajstić information content (AvgIpc) is 3.06. The summed E-state index contributed by atoms with van der Waals surface area (Å²) in [5.74, 6) is 1.11. The van der Waals surface area contributed by atoms with Crippen LogP contribution in [0.25, 0.3) is 0 Å². The number of rotatable bonds is 9. The first-order valence-corrected chi connectivity index (χ1v) is 10.9. The molecule has 1 N–H and O–H groups in total. The Kier molecular flexibility index (Phi) is 9.79. The van der Waals surface area contributed by atoms with E-state index in [1.807, 2.05) is 23.1 Å². The van der Waals surface area contributed by atoms with Crippen LogP contribution in [-0.2, 0) is 17.9 Å². The highest BCUT2D eigenvalue weighted by Gasteiger charge is 2.18. The summed E-state index contributed by atoms with van der Waals surface area (Å²) >= 11 is 7.24. The standard InChI is InChI=1S/C21H24Br2N2O2.ClH/c22-18-12-17(14-24-9-5-11-25-10-4-8-20(25)26)13-19(23)21(18)27-15-16-6-2-1-3-7-16;/h1-3,6-7,12-13,24H,4-5,8-11,14-15H2;1H. The van der Waals surface area contributed by atoms with Crippen LogP contribution in [0, 0.1) is 0 Å². The SMILES string of the molecule is Cl.O=C1CCCN1CCCNCc1cc(Br)c(OCc2ccccc2)c(Br)c1. The van der Waals surface area contributed by atoms with Crippen molar-refractivity contribution >= 4 is 50.2 Å². The van der Waals surface area contributed by atoms with Crippen LogP contribution < -0.4 is 10.1 Å². The predicted octanol–water partition coefficient (Wildman–Crippen LogP) is 5.31. The highest BCUT2D eigenvalue weighted by atomic mass is 79.9. The lowest BCUT2D eigenvalue weighted by Gasteiger charge is -2.16. The number of hydrogen-bond acceptors (Lipinski definition) is 3. The lowest BCUT2D eigenvalue weighted by Crippen LogP contribution is -2.28. The largest absolute Gasteiger partial charge is 0.487 e. The Morgan fingerprint density at radius 2 is 1.79 bits per heavy atom. The molecular formula is C21H25Br2ClN2O2. The van der Waals surface area contributed by atoms with Gasteiger partial charge in [0, 0.05) is 26.1 Å². The predicted molar refractivity (Wildman–Crippen MR) is 122 cm³/mol. The van der Waals surface area contributed by atoms with Gasteiger partial charge >= 0.3 is 0 Å².